The lowest BCUT2D eigenvalue weighted by molar-refractivity contribution is 0.0600. The molecule has 0 spiro atoms. The Morgan fingerprint density at radius 3 is 2.50 bits per heavy atom. The van der Waals surface area contributed by atoms with E-state index in [1.807, 2.05) is 0 Å². The molecule has 1 rings (SSSR count). The van der Waals surface area contributed by atoms with Gasteiger partial charge in [-0.05, 0) is 28.1 Å². The minimum atomic E-state index is -3.96. The molecule has 0 saturated carbocycles. The molecule has 0 saturated heterocycles. The maximum absolute atomic E-state index is 11.2. The zero-order chi connectivity index (χ0) is 12.5. The summed E-state index contributed by atoms with van der Waals surface area (Å²) < 4.78 is 27.0. The summed E-state index contributed by atoms with van der Waals surface area (Å²) in [5, 5.41) is 5.03. The highest BCUT2D eigenvalue weighted by Crippen LogP contribution is 2.30. The molecule has 1 aromatic carbocycles. The molecule has 0 aromatic heterocycles. The van der Waals surface area contributed by atoms with Crippen LogP contribution in [-0.4, -0.2) is 21.5 Å². The van der Waals surface area contributed by atoms with Crippen molar-refractivity contribution in [1.82, 2.24) is 0 Å². The van der Waals surface area contributed by atoms with Crippen LogP contribution in [0.15, 0.2) is 21.5 Å². The van der Waals surface area contributed by atoms with E-state index in [1.165, 1.54) is 13.2 Å². The predicted octanol–water partition coefficient (Wildman–Crippen LogP) is 1.54. The summed E-state index contributed by atoms with van der Waals surface area (Å²) >= 11 is 8.73. The average molecular weight is 329 g/mol. The number of methoxy groups -OCH3 is 1. The van der Waals surface area contributed by atoms with Gasteiger partial charge < -0.3 is 4.74 Å². The molecule has 0 amide bonds. The van der Waals surface area contributed by atoms with E-state index in [0.29, 0.717) is 0 Å². The Hall–Kier alpha value is -0.630. The van der Waals surface area contributed by atoms with Crippen LogP contribution in [0.4, 0.5) is 0 Å². The van der Waals surface area contributed by atoms with Gasteiger partial charge in [-0.3, -0.25) is 0 Å². The van der Waals surface area contributed by atoms with Crippen LogP contribution in [0, 0.1) is 0 Å². The number of carbonyl (C=O) groups is 1. The van der Waals surface area contributed by atoms with Gasteiger partial charge in [0.15, 0.2) is 0 Å². The number of carbonyl (C=O) groups excluding carboxylic acids is 1. The van der Waals surface area contributed by atoms with Crippen LogP contribution in [-0.2, 0) is 14.8 Å². The molecule has 0 fully saturated rings. The Morgan fingerprint density at radius 1 is 1.50 bits per heavy atom. The van der Waals surface area contributed by atoms with Crippen molar-refractivity contribution >= 4 is 43.5 Å². The number of esters is 1. The van der Waals surface area contributed by atoms with Crippen molar-refractivity contribution in [3.8, 4) is 0 Å². The van der Waals surface area contributed by atoms with Gasteiger partial charge in [0.2, 0.25) is 10.0 Å². The third kappa shape index (κ3) is 2.73. The molecule has 16 heavy (non-hydrogen) atoms. The number of sulfonamides is 1. The fourth-order valence-corrected chi connectivity index (χ4v) is 2.84. The Bertz CT molecular complexity index is 543. The number of ether oxygens (including phenoxy) is 1. The van der Waals surface area contributed by atoms with E-state index >= 15 is 0 Å². The predicted molar refractivity (Wildman–Crippen MR) is 61.9 cm³/mol. The van der Waals surface area contributed by atoms with E-state index in [9.17, 15) is 13.2 Å². The second kappa shape index (κ2) is 4.70. The van der Waals surface area contributed by atoms with Crippen molar-refractivity contribution in [2.75, 3.05) is 7.11 Å². The molecule has 0 bridgehead atoms. The summed E-state index contributed by atoms with van der Waals surface area (Å²) in [5.74, 6) is -0.695. The Balaban J connectivity index is 3.52. The normalized spacial score (nSPS) is 11.2. The van der Waals surface area contributed by atoms with Crippen LogP contribution in [0.5, 0.6) is 0 Å². The summed E-state index contributed by atoms with van der Waals surface area (Å²) in [6, 6.07) is 2.38. The highest BCUT2D eigenvalue weighted by Gasteiger charge is 2.19. The highest BCUT2D eigenvalue weighted by atomic mass is 79.9. The van der Waals surface area contributed by atoms with Gasteiger partial charge in [-0.1, -0.05) is 11.6 Å². The Morgan fingerprint density at radius 2 is 2.06 bits per heavy atom. The lowest BCUT2D eigenvalue weighted by Gasteiger charge is -2.06. The molecule has 0 atom stereocenters. The first-order valence-corrected chi connectivity index (χ1v) is 6.59. The molecule has 0 radical (unpaired) electrons. The van der Waals surface area contributed by atoms with E-state index in [2.05, 4.69) is 20.7 Å². The summed E-state index contributed by atoms with van der Waals surface area (Å²) in [5.41, 5.74) is 0.0136. The first-order chi connectivity index (χ1) is 7.27. The molecule has 5 nitrogen and oxygen atoms in total. The molecular weight excluding hydrogens is 322 g/mol. The molecule has 0 aliphatic rings. The molecule has 0 heterocycles. The molecule has 0 unspecified atom stereocenters. The van der Waals surface area contributed by atoms with E-state index in [0.717, 1.165) is 6.07 Å². The maximum Gasteiger partial charge on any atom is 0.337 e. The Labute approximate surface area is 106 Å². The Kier molecular flexibility index (Phi) is 3.95. The average Bonchev–Trinajstić information content (AvgIpc) is 2.18. The molecular formula is C8H7BrClNO4S. The van der Waals surface area contributed by atoms with Crippen molar-refractivity contribution < 1.29 is 17.9 Å². The van der Waals surface area contributed by atoms with Crippen LogP contribution >= 0.6 is 27.5 Å². The maximum atomic E-state index is 11.2. The number of halogens is 2. The summed E-state index contributed by atoms with van der Waals surface area (Å²) in [4.78, 5) is 11.0. The van der Waals surface area contributed by atoms with Gasteiger partial charge >= 0.3 is 5.97 Å². The van der Waals surface area contributed by atoms with E-state index < -0.39 is 16.0 Å². The lowest BCUT2D eigenvalue weighted by Crippen LogP contribution is -2.14. The van der Waals surface area contributed by atoms with Crippen LogP contribution in [0.1, 0.15) is 10.4 Å². The zero-order valence-corrected chi connectivity index (χ0v) is 11.2. The van der Waals surface area contributed by atoms with E-state index in [4.69, 9.17) is 16.7 Å². The molecule has 0 aliphatic carbocycles. The largest absolute Gasteiger partial charge is 0.465 e. The van der Waals surface area contributed by atoms with Gasteiger partial charge in [0.05, 0.1) is 27.1 Å². The van der Waals surface area contributed by atoms with Crippen molar-refractivity contribution in [2.45, 2.75) is 4.90 Å². The number of hydrogen-bond acceptors (Lipinski definition) is 4. The van der Waals surface area contributed by atoms with E-state index in [1.54, 1.807) is 0 Å². The third-order valence-electron chi connectivity index (χ3n) is 1.72. The molecule has 1 aromatic rings. The topological polar surface area (TPSA) is 86.5 Å². The number of benzene rings is 1. The van der Waals surface area contributed by atoms with Gasteiger partial charge in [0.25, 0.3) is 0 Å². The zero-order valence-electron chi connectivity index (χ0n) is 8.03. The van der Waals surface area contributed by atoms with Gasteiger partial charge in [0, 0.05) is 0 Å². The van der Waals surface area contributed by atoms with Crippen molar-refractivity contribution in [1.29, 1.82) is 0 Å². The second-order valence-corrected chi connectivity index (χ2v) is 5.54. The first-order valence-electron chi connectivity index (χ1n) is 3.87. The van der Waals surface area contributed by atoms with E-state index in [-0.39, 0.29) is 20.0 Å². The summed E-state index contributed by atoms with van der Waals surface area (Å²) in [6.07, 6.45) is 0. The minimum Gasteiger partial charge on any atom is -0.465 e. The van der Waals surface area contributed by atoms with Crippen molar-refractivity contribution in [2.24, 2.45) is 5.14 Å². The monoisotopic (exact) mass is 327 g/mol. The SMILES string of the molecule is COC(=O)c1cc(Cl)c(Br)c(S(N)(=O)=O)c1. The molecule has 88 valence electrons. The fraction of sp³-hybridized carbons (Fsp3) is 0.125. The number of rotatable bonds is 2. The van der Waals surface area contributed by atoms with Crippen LogP contribution in [0.3, 0.4) is 0 Å². The highest BCUT2D eigenvalue weighted by molar-refractivity contribution is 9.10. The third-order valence-corrected chi connectivity index (χ3v) is 4.30. The summed E-state index contributed by atoms with van der Waals surface area (Å²) in [7, 11) is -2.78. The van der Waals surface area contributed by atoms with Gasteiger partial charge in [-0.25, -0.2) is 18.4 Å². The number of nitrogens with two attached hydrogens (primary N) is 1. The first kappa shape index (κ1) is 13.4. The molecule has 2 N–H and O–H groups in total. The summed E-state index contributed by atoms with van der Waals surface area (Å²) in [6.45, 7) is 0. The standard InChI is InChI=1S/C8H7BrClNO4S/c1-15-8(12)4-2-5(10)7(9)6(3-4)16(11,13)14/h2-3H,1H3,(H2,11,13,14). The molecule has 8 heteroatoms. The molecule has 0 aliphatic heterocycles. The fourth-order valence-electron chi connectivity index (χ4n) is 1.01. The quantitative estimate of drug-likeness (QED) is 0.834. The number of primary sulfonamides is 1. The van der Waals surface area contributed by atoms with Crippen molar-refractivity contribution in [3.63, 3.8) is 0 Å². The number of hydrogen-bond donors (Lipinski definition) is 1. The minimum absolute atomic E-state index is 0.0136. The van der Waals surface area contributed by atoms with Gasteiger partial charge in [-0.2, -0.15) is 0 Å². The lowest BCUT2D eigenvalue weighted by atomic mass is 10.2. The van der Waals surface area contributed by atoms with Crippen LogP contribution < -0.4 is 5.14 Å². The smallest absolute Gasteiger partial charge is 0.337 e. The van der Waals surface area contributed by atoms with Gasteiger partial charge in [-0.15, -0.1) is 0 Å². The van der Waals surface area contributed by atoms with Gasteiger partial charge in [0.1, 0.15) is 0 Å². The van der Waals surface area contributed by atoms with Crippen LogP contribution in [0.25, 0.3) is 0 Å². The van der Waals surface area contributed by atoms with Crippen LogP contribution in [0.2, 0.25) is 5.02 Å². The second-order valence-electron chi connectivity index (χ2n) is 2.81. The van der Waals surface area contributed by atoms with Crippen molar-refractivity contribution in [3.05, 3.63) is 27.2 Å².